The number of anilines is 1. The van der Waals surface area contributed by atoms with E-state index < -0.39 is 10.1 Å². The van der Waals surface area contributed by atoms with Gasteiger partial charge in [-0.25, -0.2) is 4.98 Å². The van der Waals surface area contributed by atoms with Gasteiger partial charge in [-0.05, 0) is 47.7 Å². The molecule has 1 amide bonds. The van der Waals surface area contributed by atoms with Crippen LogP contribution in [0.5, 0.6) is 11.5 Å². The summed E-state index contributed by atoms with van der Waals surface area (Å²) in [6.07, 6.45) is 5.60. The predicted octanol–water partition coefficient (Wildman–Crippen LogP) is 3.58. The fourth-order valence-electron chi connectivity index (χ4n) is 3.87. The Morgan fingerprint density at radius 3 is 2.41 bits per heavy atom. The third-order valence-corrected chi connectivity index (χ3v) is 6.32. The van der Waals surface area contributed by atoms with Crippen LogP contribution in [-0.4, -0.2) is 48.4 Å². The number of hydrogen-bond donors (Lipinski definition) is 2. The molecule has 2 unspecified atom stereocenters. The van der Waals surface area contributed by atoms with Crippen LogP contribution < -0.4 is 14.8 Å². The van der Waals surface area contributed by atoms with Gasteiger partial charge in [0.25, 0.3) is 10.1 Å². The summed E-state index contributed by atoms with van der Waals surface area (Å²) in [7, 11) is -0.944. The van der Waals surface area contributed by atoms with Crippen molar-refractivity contribution in [1.29, 1.82) is 0 Å². The van der Waals surface area contributed by atoms with Gasteiger partial charge >= 0.3 is 0 Å². The summed E-state index contributed by atoms with van der Waals surface area (Å²) >= 11 is 0. The molecule has 0 saturated carbocycles. The molecule has 0 aliphatic carbocycles. The Labute approximate surface area is 199 Å². The van der Waals surface area contributed by atoms with Crippen molar-refractivity contribution in [3.63, 3.8) is 0 Å². The number of carbonyl (C=O) groups is 1. The Balaban J connectivity index is 1.70. The second-order valence-electron chi connectivity index (χ2n) is 8.04. The Kier molecular flexibility index (Phi) is 8.30. The van der Waals surface area contributed by atoms with Crippen molar-refractivity contribution in [1.82, 2.24) is 9.55 Å². The SMILES string of the molecule is COc1ccc(CC(=O)Nc2ccc(C(C(C)CCS(=O)(=O)O)n3ccnc3)cc2)cc1OC. The highest BCUT2D eigenvalue weighted by Gasteiger charge is 2.23. The first kappa shape index (κ1) is 25.3. The smallest absolute Gasteiger partial charge is 0.264 e. The van der Waals surface area contributed by atoms with Crippen LogP contribution in [0, 0.1) is 5.92 Å². The van der Waals surface area contributed by atoms with E-state index in [0.717, 1.165) is 11.1 Å². The van der Waals surface area contributed by atoms with E-state index in [2.05, 4.69) is 10.3 Å². The van der Waals surface area contributed by atoms with Crippen LogP contribution >= 0.6 is 0 Å². The Morgan fingerprint density at radius 1 is 1.12 bits per heavy atom. The minimum Gasteiger partial charge on any atom is -0.493 e. The van der Waals surface area contributed by atoms with E-state index in [1.807, 2.05) is 35.9 Å². The summed E-state index contributed by atoms with van der Waals surface area (Å²) in [4.78, 5) is 16.7. The average Bonchev–Trinajstić information content (AvgIpc) is 3.32. The number of benzene rings is 2. The van der Waals surface area contributed by atoms with Gasteiger partial charge in [0.1, 0.15) is 0 Å². The molecule has 182 valence electrons. The van der Waals surface area contributed by atoms with Gasteiger partial charge in [0.05, 0.1) is 38.8 Å². The highest BCUT2D eigenvalue weighted by molar-refractivity contribution is 7.85. The topological polar surface area (TPSA) is 120 Å². The fourth-order valence-corrected chi connectivity index (χ4v) is 4.54. The number of nitrogens with zero attached hydrogens (tertiary/aromatic N) is 2. The maximum Gasteiger partial charge on any atom is 0.264 e. The second kappa shape index (κ2) is 11.2. The molecule has 1 heterocycles. The zero-order valence-corrected chi connectivity index (χ0v) is 20.2. The van der Waals surface area contributed by atoms with Crippen molar-refractivity contribution in [3.8, 4) is 11.5 Å². The van der Waals surface area contributed by atoms with Crippen LogP contribution in [-0.2, 0) is 21.3 Å². The number of ether oxygens (including phenoxy) is 2. The first-order valence-corrected chi connectivity index (χ1v) is 12.3. The Hall–Kier alpha value is -3.37. The highest BCUT2D eigenvalue weighted by Crippen LogP contribution is 2.30. The van der Waals surface area contributed by atoms with Crippen LogP contribution in [0.3, 0.4) is 0 Å². The molecule has 0 radical (unpaired) electrons. The van der Waals surface area contributed by atoms with E-state index in [4.69, 9.17) is 14.0 Å². The number of rotatable bonds is 11. The van der Waals surface area contributed by atoms with E-state index in [0.29, 0.717) is 17.2 Å². The number of imidazole rings is 1. The lowest BCUT2D eigenvalue weighted by molar-refractivity contribution is -0.115. The van der Waals surface area contributed by atoms with E-state index >= 15 is 0 Å². The molecule has 2 atom stereocenters. The van der Waals surface area contributed by atoms with Crippen LogP contribution in [0.2, 0.25) is 0 Å². The highest BCUT2D eigenvalue weighted by atomic mass is 32.2. The third-order valence-electron chi connectivity index (χ3n) is 5.56. The number of hydrogen-bond acceptors (Lipinski definition) is 6. The summed E-state index contributed by atoms with van der Waals surface area (Å²) in [6, 6.07) is 12.6. The number of carbonyl (C=O) groups excluding carboxylic acids is 1. The molecule has 3 rings (SSSR count). The molecule has 2 aromatic carbocycles. The van der Waals surface area contributed by atoms with Gasteiger partial charge in [-0.1, -0.05) is 25.1 Å². The summed E-state index contributed by atoms with van der Waals surface area (Å²) in [5.74, 6) is 0.574. The van der Waals surface area contributed by atoms with E-state index in [1.54, 1.807) is 51.0 Å². The Bertz CT molecular complexity index is 1190. The van der Waals surface area contributed by atoms with Gasteiger partial charge in [-0.3, -0.25) is 9.35 Å². The summed E-state index contributed by atoms with van der Waals surface area (Å²) in [5, 5.41) is 2.89. The van der Waals surface area contributed by atoms with E-state index in [9.17, 15) is 13.2 Å². The van der Waals surface area contributed by atoms with E-state index in [1.165, 1.54) is 0 Å². The monoisotopic (exact) mass is 487 g/mol. The normalized spacial score (nSPS) is 13.2. The number of methoxy groups -OCH3 is 2. The second-order valence-corrected chi connectivity index (χ2v) is 9.62. The summed E-state index contributed by atoms with van der Waals surface area (Å²) in [5.41, 5.74) is 2.36. The largest absolute Gasteiger partial charge is 0.493 e. The van der Waals surface area contributed by atoms with Crippen molar-refractivity contribution in [2.45, 2.75) is 25.8 Å². The van der Waals surface area contributed by atoms with Gasteiger partial charge in [0, 0.05) is 18.1 Å². The van der Waals surface area contributed by atoms with Crippen molar-refractivity contribution in [2.75, 3.05) is 25.3 Å². The molecular weight excluding hydrogens is 458 g/mol. The molecule has 0 spiro atoms. The molecule has 0 aliphatic rings. The van der Waals surface area contributed by atoms with Crippen molar-refractivity contribution in [3.05, 3.63) is 72.3 Å². The van der Waals surface area contributed by atoms with Gasteiger partial charge in [-0.15, -0.1) is 0 Å². The lowest BCUT2D eigenvalue weighted by atomic mass is 9.92. The van der Waals surface area contributed by atoms with Crippen LogP contribution in [0.4, 0.5) is 5.69 Å². The molecule has 0 fully saturated rings. The van der Waals surface area contributed by atoms with Crippen LogP contribution in [0.15, 0.2) is 61.2 Å². The minimum absolute atomic E-state index is 0.0957. The van der Waals surface area contributed by atoms with Crippen LogP contribution in [0.1, 0.15) is 30.5 Å². The molecular formula is C24H29N3O6S. The van der Waals surface area contributed by atoms with Gasteiger partial charge in [-0.2, -0.15) is 8.42 Å². The standard InChI is InChI=1S/C24H29N3O6S/c1-17(10-13-34(29,30)31)24(27-12-11-25-16-27)19-5-7-20(8-6-19)26-23(28)15-18-4-9-21(32-2)22(14-18)33-3/h4-9,11-12,14,16-17,24H,10,13,15H2,1-3H3,(H,26,28)(H,29,30,31). The van der Waals surface area contributed by atoms with Crippen molar-refractivity contribution >= 4 is 21.7 Å². The minimum atomic E-state index is -4.05. The first-order valence-electron chi connectivity index (χ1n) is 10.7. The average molecular weight is 488 g/mol. The van der Waals surface area contributed by atoms with Crippen LogP contribution in [0.25, 0.3) is 0 Å². The predicted molar refractivity (Wildman–Crippen MR) is 129 cm³/mol. The summed E-state index contributed by atoms with van der Waals surface area (Å²) in [6.45, 7) is 1.93. The lowest BCUT2D eigenvalue weighted by Crippen LogP contribution is -2.20. The van der Waals surface area contributed by atoms with E-state index in [-0.39, 0.29) is 36.5 Å². The van der Waals surface area contributed by atoms with Gasteiger partial charge in [0.15, 0.2) is 11.5 Å². The maximum atomic E-state index is 12.6. The number of aromatic nitrogens is 2. The molecule has 10 heteroatoms. The molecule has 2 N–H and O–H groups in total. The quantitative estimate of drug-likeness (QED) is 0.397. The lowest BCUT2D eigenvalue weighted by Gasteiger charge is -2.26. The molecule has 0 aliphatic heterocycles. The first-order chi connectivity index (χ1) is 16.2. The third kappa shape index (κ3) is 6.82. The number of nitrogens with one attached hydrogen (secondary N) is 1. The summed E-state index contributed by atoms with van der Waals surface area (Å²) < 4.78 is 44.0. The zero-order valence-electron chi connectivity index (χ0n) is 19.3. The fraction of sp³-hybridized carbons (Fsp3) is 0.333. The molecule has 9 nitrogen and oxygen atoms in total. The number of amides is 1. The Morgan fingerprint density at radius 2 is 1.82 bits per heavy atom. The zero-order chi connectivity index (χ0) is 24.7. The van der Waals surface area contributed by atoms with Gasteiger partial charge < -0.3 is 19.4 Å². The van der Waals surface area contributed by atoms with Crippen molar-refractivity contribution < 1.29 is 27.2 Å². The molecule has 1 aromatic heterocycles. The molecule has 34 heavy (non-hydrogen) atoms. The molecule has 3 aromatic rings. The van der Waals surface area contributed by atoms with Crippen molar-refractivity contribution in [2.24, 2.45) is 5.92 Å². The maximum absolute atomic E-state index is 12.6. The van der Waals surface area contributed by atoms with Gasteiger partial charge in [0.2, 0.25) is 5.91 Å². The molecule has 0 bridgehead atoms. The molecule has 0 saturated heterocycles.